The molecule has 0 unspecified atom stereocenters. The molecule has 1 aliphatic rings. The van der Waals surface area contributed by atoms with Crippen molar-refractivity contribution >= 4 is 17.4 Å². The van der Waals surface area contributed by atoms with Crippen LogP contribution in [0.3, 0.4) is 0 Å². The maximum Gasteiger partial charge on any atom is 0.260 e. The molecule has 0 bridgehead atoms. The quantitative estimate of drug-likeness (QED) is 0.747. The molecule has 0 radical (unpaired) electrons. The van der Waals surface area contributed by atoms with Gasteiger partial charge in [0.15, 0.2) is 0 Å². The first kappa shape index (κ1) is 17.9. The van der Waals surface area contributed by atoms with Crippen molar-refractivity contribution in [3.63, 3.8) is 0 Å². The van der Waals surface area contributed by atoms with Crippen LogP contribution >= 0.6 is 0 Å². The Bertz CT molecular complexity index is 1010. The van der Waals surface area contributed by atoms with Crippen molar-refractivity contribution in [3.8, 4) is 12.0 Å². The van der Waals surface area contributed by atoms with Gasteiger partial charge in [-0.1, -0.05) is 0 Å². The van der Waals surface area contributed by atoms with Crippen LogP contribution in [0, 0.1) is 18.3 Å². The number of nitrogens with zero attached hydrogens (tertiary/aromatic N) is 4. The lowest BCUT2D eigenvalue weighted by molar-refractivity contribution is 0.102. The molecular weight excluding hydrogens is 354 g/mol. The minimum atomic E-state index is -0.385. The first-order valence-corrected chi connectivity index (χ1v) is 9.36. The Kier molecular flexibility index (Phi) is 4.85. The van der Waals surface area contributed by atoms with E-state index in [-0.39, 0.29) is 17.0 Å². The van der Waals surface area contributed by atoms with Crippen molar-refractivity contribution in [2.24, 2.45) is 0 Å². The second-order valence-corrected chi connectivity index (χ2v) is 6.82. The number of hydrogen-bond donors (Lipinski definition) is 1. The summed E-state index contributed by atoms with van der Waals surface area (Å²) in [5, 5.41) is 12.4. The molecule has 7 heteroatoms. The summed E-state index contributed by atoms with van der Waals surface area (Å²) in [5.74, 6) is 1.28. The van der Waals surface area contributed by atoms with Crippen molar-refractivity contribution < 1.29 is 9.21 Å². The number of aromatic nitrogens is 2. The van der Waals surface area contributed by atoms with Gasteiger partial charge in [0, 0.05) is 25.5 Å². The van der Waals surface area contributed by atoms with E-state index in [4.69, 9.17) is 4.42 Å². The summed E-state index contributed by atoms with van der Waals surface area (Å²) in [6.45, 7) is 3.71. The van der Waals surface area contributed by atoms with E-state index in [2.05, 4.69) is 21.3 Å². The predicted octanol–water partition coefficient (Wildman–Crippen LogP) is 3.89. The zero-order chi connectivity index (χ0) is 19.5. The highest BCUT2D eigenvalue weighted by Gasteiger charge is 2.24. The van der Waals surface area contributed by atoms with Gasteiger partial charge in [-0.2, -0.15) is 5.26 Å². The number of furan rings is 1. The predicted molar refractivity (Wildman–Crippen MR) is 106 cm³/mol. The number of rotatable bonds is 4. The summed E-state index contributed by atoms with van der Waals surface area (Å²) in [5.41, 5.74) is 1.04. The zero-order valence-electron chi connectivity index (χ0n) is 15.7. The Labute approximate surface area is 163 Å². The molecule has 28 heavy (non-hydrogen) atoms. The monoisotopic (exact) mass is 375 g/mol. The van der Waals surface area contributed by atoms with Crippen LogP contribution in [0.1, 0.15) is 40.9 Å². The lowest BCUT2D eigenvalue weighted by atomic mass is 10.1. The van der Waals surface area contributed by atoms with E-state index >= 15 is 0 Å². The Balaban J connectivity index is 1.55. The van der Waals surface area contributed by atoms with Gasteiger partial charge in [0.1, 0.15) is 28.8 Å². The average molecular weight is 375 g/mol. The van der Waals surface area contributed by atoms with Gasteiger partial charge in [0.25, 0.3) is 5.91 Å². The zero-order valence-corrected chi connectivity index (χ0v) is 15.7. The molecule has 4 rings (SSSR count). The summed E-state index contributed by atoms with van der Waals surface area (Å²) >= 11 is 0. The van der Waals surface area contributed by atoms with E-state index < -0.39 is 0 Å². The second kappa shape index (κ2) is 7.61. The minimum Gasteiger partial charge on any atom is -0.443 e. The molecular formula is C21H21N5O2. The SMILES string of the molecule is Cc1oc(-n2cccc2)c(C#N)c1C(=O)Nc1ccc(N2CCCCC2)nc1. The van der Waals surface area contributed by atoms with Crippen molar-refractivity contribution in [1.82, 2.24) is 9.55 Å². The Morgan fingerprint density at radius 2 is 1.96 bits per heavy atom. The summed E-state index contributed by atoms with van der Waals surface area (Å²) in [6.07, 6.45) is 8.81. The van der Waals surface area contributed by atoms with Crippen LogP contribution in [-0.2, 0) is 0 Å². The summed E-state index contributed by atoms with van der Waals surface area (Å²) in [7, 11) is 0. The van der Waals surface area contributed by atoms with E-state index in [9.17, 15) is 10.1 Å². The average Bonchev–Trinajstić information content (AvgIpc) is 3.36. The van der Waals surface area contributed by atoms with E-state index in [1.807, 2.05) is 24.3 Å². The third-order valence-electron chi connectivity index (χ3n) is 4.93. The normalized spacial score (nSPS) is 13.9. The van der Waals surface area contributed by atoms with Crippen LogP contribution in [0.4, 0.5) is 11.5 Å². The van der Waals surface area contributed by atoms with Crippen molar-refractivity contribution in [2.45, 2.75) is 26.2 Å². The Hall–Kier alpha value is -3.53. The number of carbonyl (C=O) groups excluding carboxylic acids is 1. The molecule has 0 aromatic carbocycles. The standard InChI is InChI=1S/C21H21N5O2/c1-15-19(17(13-22)21(28-15)26-11-5-6-12-26)20(27)24-16-7-8-18(23-14-16)25-9-3-2-4-10-25/h5-8,11-12,14H,2-4,9-10H2,1H3,(H,24,27). The van der Waals surface area contributed by atoms with E-state index in [1.165, 1.54) is 19.3 Å². The van der Waals surface area contributed by atoms with Crippen LogP contribution in [0.5, 0.6) is 0 Å². The molecule has 1 amide bonds. The van der Waals surface area contributed by atoms with Gasteiger partial charge in [-0.3, -0.25) is 9.36 Å². The van der Waals surface area contributed by atoms with Gasteiger partial charge in [-0.25, -0.2) is 4.98 Å². The number of pyridine rings is 1. The smallest absolute Gasteiger partial charge is 0.260 e. The molecule has 142 valence electrons. The molecule has 7 nitrogen and oxygen atoms in total. The highest BCUT2D eigenvalue weighted by Crippen LogP contribution is 2.26. The highest BCUT2D eigenvalue weighted by molar-refractivity contribution is 6.07. The molecule has 0 atom stereocenters. The van der Waals surface area contributed by atoms with Gasteiger partial charge < -0.3 is 14.6 Å². The molecule has 3 aromatic heterocycles. The fraction of sp³-hybridized carbons (Fsp3) is 0.286. The fourth-order valence-electron chi connectivity index (χ4n) is 3.52. The molecule has 3 aromatic rings. The fourth-order valence-corrected chi connectivity index (χ4v) is 3.52. The number of piperidine rings is 1. The van der Waals surface area contributed by atoms with Crippen molar-refractivity contribution in [2.75, 3.05) is 23.3 Å². The molecule has 0 saturated carbocycles. The molecule has 0 spiro atoms. The number of hydrogen-bond acceptors (Lipinski definition) is 5. The van der Waals surface area contributed by atoms with Crippen LogP contribution in [0.15, 0.2) is 47.3 Å². The molecule has 1 aliphatic heterocycles. The number of anilines is 2. The number of amides is 1. The van der Waals surface area contributed by atoms with E-state index in [0.717, 1.165) is 18.9 Å². The third-order valence-corrected chi connectivity index (χ3v) is 4.93. The van der Waals surface area contributed by atoms with Crippen LogP contribution in [0.2, 0.25) is 0 Å². The first-order valence-electron chi connectivity index (χ1n) is 9.36. The van der Waals surface area contributed by atoms with Crippen molar-refractivity contribution in [1.29, 1.82) is 5.26 Å². The van der Waals surface area contributed by atoms with Gasteiger partial charge in [0.2, 0.25) is 5.88 Å². The first-order chi connectivity index (χ1) is 13.7. The molecule has 1 fully saturated rings. The maximum absolute atomic E-state index is 12.8. The molecule has 0 aliphatic carbocycles. The number of nitrogens with one attached hydrogen (secondary N) is 1. The number of carbonyl (C=O) groups is 1. The van der Waals surface area contributed by atoms with Gasteiger partial charge in [0.05, 0.1) is 11.9 Å². The van der Waals surface area contributed by atoms with Gasteiger partial charge in [-0.05, 0) is 50.5 Å². The lowest BCUT2D eigenvalue weighted by Crippen LogP contribution is -2.30. The number of aryl methyl sites for hydroxylation is 1. The third kappa shape index (κ3) is 3.37. The lowest BCUT2D eigenvalue weighted by Gasteiger charge is -2.27. The highest BCUT2D eigenvalue weighted by atomic mass is 16.4. The Morgan fingerprint density at radius 1 is 1.21 bits per heavy atom. The summed E-state index contributed by atoms with van der Waals surface area (Å²) in [6, 6.07) is 9.50. The van der Waals surface area contributed by atoms with Gasteiger partial charge >= 0.3 is 0 Å². The molecule has 4 heterocycles. The van der Waals surface area contributed by atoms with Gasteiger partial charge in [-0.15, -0.1) is 0 Å². The van der Waals surface area contributed by atoms with Crippen LogP contribution < -0.4 is 10.2 Å². The molecule has 1 saturated heterocycles. The van der Waals surface area contributed by atoms with Crippen LogP contribution in [0.25, 0.3) is 5.88 Å². The van der Waals surface area contributed by atoms with E-state index in [0.29, 0.717) is 17.3 Å². The summed E-state index contributed by atoms with van der Waals surface area (Å²) < 4.78 is 7.37. The topological polar surface area (TPSA) is 87.1 Å². The van der Waals surface area contributed by atoms with Crippen LogP contribution in [-0.4, -0.2) is 28.5 Å². The maximum atomic E-state index is 12.8. The Morgan fingerprint density at radius 3 is 2.61 bits per heavy atom. The number of nitriles is 1. The minimum absolute atomic E-state index is 0.212. The largest absolute Gasteiger partial charge is 0.443 e. The second-order valence-electron chi connectivity index (χ2n) is 6.82. The van der Waals surface area contributed by atoms with Crippen molar-refractivity contribution in [3.05, 3.63) is 59.7 Å². The summed E-state index contributed by atoms with van der Waals surface area (Å²) in [4.78, 5) is 19.5. The molecule has 1 N–H and O–H groups in total. The van der Waals surface area contributed by atoms with E-state index in [1.54, 1.807) is 30.1 Å².